The second-order valence-electron chi connectivity index (χ2n) is 6.21. The number of piperidine rings is 1. The molecule has 1 N–H and O–H groups in total. The molecule has 0 aromatic heterocycles. The Bertz CT molecular complexity index is 425. The molecule has 1 aliphatic rings. The summed E-state index contributed by atoms with van der Waals surface area (Å²) < 4.78 is 14.0. The second kappa shape index (κ2) is 8.50. The Balaban J connectivity index is 1.90. The van der Waals surface area contributed by atoms with Crippen LogP contribution in [0.15, 0.2) is 18.2 Å². The molecule has 0 amide bonds. The lowest BCUT2D eigenvalue weighted by Gasteiger charge is -2.32. The maximum Gasteiger partial charge on any atom is 0.127 e. The largest absolute Gasteiger partial charge is 0.313 e. The van der Waals surface area contributed by atoms with E-state index in [9.17, 15) is 4.39 Å². The van der Waals surface area contributed by atoms with Gasteiger partial charge in [0.25, 0.3) is 0 Å². The predicted octanol–water partition coefficient (Wildman–Crippen LogP) is 3.95. The van der Waals surface area contributed by atoms with Gasteiger partial charge in [-0.05, 0) is 50.0 Å². The Morgan fingerprint density at radius 3 is 2.67 bits per heavy atom. The fourth-order valence-corrected chi connectivity index (χ4v) is 3.21. The number of nitrogens with zero attached hydrogens (tertiary/aromatic N) is 1. The van der Waals surface area contributed by atoms with Gasteiger partial charge in [0, 0.05) is 18.7 Å². The standard InChI is InChI=1S/C18H29FN2/c1-3-5-15-8-10-21(11-9-15)14-17-12-16(13-20-4-2)6-7-18(17)19/h6-7,12,15,20H,3-5,8-11,13-14H2,1-2H3. The van der Waals surface area contributed by atoms with Gasteiger partial charge in [0.1, 0.15) is 5.82 Å². The van der Waals surface area contributed by atoms with Gasteiger partial charge < -0.3 is 5.32 Å². The van der Waals surface area contributed by atoms with Gasteiger partial charge in [0.15, 0.2) is 0 Å². The van der Waals surface area contributed by atoms with E-state index in [4.69, 9.17) is 0 Å². The van der Waals surface area contributed by atoms with Crippen LogP contribution in [0.1, 0.15) is 50.7 Å². The fourth-order valence-electron chi connectivity index (χ4n) is 3.21. The zero-order chi connectivity index (χ0) is 15.1. The SMILES string of the molecule is CCCC1CCN(Cc2cc(CNCC)ccc2F)CC1. The van der Waals surface area contributed by atoms with Crippen molar-refractivity contribution in [2.24, 2.45) is 5.92 Å². The number of halogens is 1. The molecule has 0 spiro atoms. The molecular formula is C18H29FN2. The Hall–Kier alpha value is -0.930. The molecule has 0 bridgehead atoms. The monoisotopic (exact) mass is 292 g/mol. The summed E-state index contributed by atoms with van der Waals surface area (Å²) in [6.45, 7) is 9.09. The summed E-state index contributed by atoms with van der Waals surface area (Å²) in [5.74, 6) is 0.821. The lowest BCUT2D eigenvalue weighted by atomic mass is 9.92. The van der Waals surface area contributed by atoms with Gasteiger partial charge in [-0.2, -0.15) is 0 Å². The van der Waals surface area contributed by atoms with Crippen molar-refractivity contribution in [1.29, 1.82) is 0 Å². The lowest BCUT2D eigenvalue weighted by Crippen LogP contribution is -2.33. The van der Waals surface area contributed by atoms with Gasteiger partial charge in [-0.25, -0.2) is 4.39 Å². The van der Waals surface area contributed by atoms with Crippen LogP contribution in [0.4, 0.5) is 4.39 Å². The van der Waals surface area contributed by atoms with Gasteiger partial charge in [-0.15, -0.1) is 0 Å². The van der Waals surface area contributed by atoms with Crippen LogP contribution in [0.3, 0.4) is 0 Å². The van der Waals surface area contributed by atoms with Gasteiger partial charge in [-0.3, -0.25) is 4.90 Å². The van der Waals surface area contributed by atoms with Crippen molar-refractivity contribution in [3.8, 4) is 0 Å². The van der Waals surface area contributed by atoms with Gasteiger partial charge in [0.2, 0.25) is 0 Å². The van der Waals surface area contributed by atoms with Crippen LogP contribution >= 0.6 is 0 Å². The average molecular weight is 292 g/mol. The summed E-state index contributed by atoms with van der Waals surface area (Å²) in [7, 11) is 0. The van der Waals surface area contributed by atoms with Crippen LogP contribution in [0.25, 0.3) is 0 Å². The molecule has 1 aliphatic heterocycles. The van der Waals surface area contributed by atoms with Crippen molar-refractivity contribution in [3.05, 3.63) is 35.1 Å². The molecular weight excluding hydrogens is 263 g/mol. The smallest absolute Gasteiger partial charge is 0.127 e. The topological polar surface area (TPSA) is 15.3 Å². The van der Waals surface area contributed by atoms with Crippen LogP contribution < -0.4 is 5.32 Å². The first-order valence-electron chi connectivity index (χ1n) is 8.43. The highest BCUT2D eigenvalue weighted by atomic mass is 19.1. The van der Waals surface area contributed by atoms with Crippen LogP contribution in [-0.2, 0) is 13.1 Å². The minimum atomic E-state index is -0.0640. The van der Waals surface area contributed by atoms with Crippen LogP contribution in [0, 0.1) is 11.7 Å². The molecule has 21 heavy (non-hydrogen) atoms. The maximum absolute atomic E-state index is 14.0. The predicted molar refractivity (Wildman–Crippen MR) is 86.7 cm³/mol. The third-order valence-corrected chi connectivity index (χ3v) is 4.49. The summed E-state index contributed by atoms with van der Waals surface area (Å²) in [5, 5.41) is 3.30. The molecule has 1 aromatic carbocycles. The molecule has 0 radical (unpaired) electrons. The highest BCUT2D eigenvalue weighted by molar-refractivity contribution is 5.25. The Morgan fingerprint density at radius 1 is 1.24 bits per heavy atom. The van der Waals surface area contributed by atoms with E-state index < -0.39 is 0 Å². The minimum absolute atomic E-state index is 0.0640. The third-order valence-electron chi connectivity index (χ3n) is 4.49. The summed E-state index contributed by atoms with van der Waals surface area (Å²) in [4.78, 5) is 2.40. The second-order valence-corrected chi connectivity index (χ2v) is 6.21. The van der Waals surface area contributed by atoms with E-state index in [0.29, 0.717) is 0 Å². The zero-order valence-electron chi connectivity index (χ0n) is 13.5. The lowest BCUT2D eigenvalue weighted by molar-refractivity contribution is 0.170. The van der Waals surface area contributed by atoms with Crippen LogP contribution in [0.5, 0.6) is 0 Å². The molecule has 0 atom stereocenters. The first-order chi connectivity index (χ1) is 10.2. The van der Waals surface area contributed by atoms with Gasteiger partial charge in [0.05, 0.1) is 0 Å². The average Bonchev–Trinajstić information content (AvgIpc) is 2.50. The molecule has 0 unspecified atom stereocenters. The summed E-state index contributed by atoms with van der Waals surface area (Å²) in [6, 6.07) is 5.52. The number of rotatable bonds is 7. The summed E-state index contributed by atoms with van der Waals surface area (Å²) in [6.07, 6.45) is 5.17. The molecule has 2 nitrogen and oxygen atoms in total. The van der Waals surface area contributed by atoms with E-state index in [-0.39, 0.29) is 5.82 Å². The molecule has 1 fully saturated rings. The molecule has 2 rings (SSSR count). The maximum atomic E-state index is 14.0. The van der Waals surface area contributed by atoms with Crippen molar-refractivity contribution in [2.75, 3.05) is 19.6 Å². The fraction of sp³-hybridized carbons (Fsp3) is 0.667. The summed E-state index contributed by atoms with van der Waals surface area (Å²) >= 11 is 0. The Labute approximate surface area is 128 Å². The molecule has 118 valence electrons. The van der Waals surface area contributed by atoms with Crippen LogP contribution in [-0.4, -0.2) is 24.5 Å². The highest BCUT2D eigenvalue weighted by Gasteiger charge is 2.19. The van der Waals surface area contributed by atoms with Crippen molar-refractivity contribution in [1.82, 2.24) is 10.2 Å². The first kappa shape index (κ1) is 16.4. The minimum Gasteiger partial charge on any atom is -0.313 e. The molecule has 3 heteroatoms. The van der Waals surface area contributed by atoms with E-state index >= 15 is 0 Å². The van der Waals surface area contributed by atoms with Gasteiger partial charge in [-0.1, -0.05) is 38.8 Å². The zero-order valence-corrected chi connectivity index (χ0v) is 13.5. The number of hydrogen-bond acceptors (Lipinski definition) is 2. The summed E-state index contributed by atoms with van der Waals surface area (Å²) in [5.41, 5.74) is 2.02. The van der Waals surface area contributed by atoms with Crippen molar-refractivity contribution < 1.29 is 4.39 Å². The molecule has 0 saturated carbocycles. The van der Waals surface area contributed by atoms with E-state index in [0.717, 1.165) is 44.2 Å². The van der Waals surface area contributed by atoms with E-state index in [1.807, 2.05) is 12.1 Å². The third kappa shape index (κ3) is 5.08. The number of nitrogens with one attached hydrogen (secondary N) is 1. The highest BCUT2D eigenvalue weighted by Crippen LogP contribution is 2.23. The normalized spacial score (nSPS) is 17.3. The van der Waals surface area contributed by atoms with E-state index in [1.165, 1.54) is 31.2 Å². The first-order valence-corrected chi connectivity index (χ1v) is 8.43. The molecule has 1 heterocycles. The Morgan fingerprint density at radius 2 is 2.00 bits per heavy atom. The number of benzene rings is 1. The quantitative estimate of drug-likeness (QED) is 0.818. The van der Waals surface area contributed by atoms with E-state index in [2.05, 4.69) is 24.1 Å². The van der Waals surface area contributed by atoms with Crippen molar-refractivity contribution >= 4 is 0 Å². The van der Waals surface area contributed by atoms with Crippen LogP contribution in [0.2, 0.25) is 0 Å². The Kier molecular flexibility index (Phi) is 6.65. The number of likely N-dealkylation sites (tertiary alicyclic amines) is 1. The molecule has 1 saturated heterocycles. The van der Waals surface area contributed by atoms with Crippen molar-refractivity contribution in [3.63, 3.8) is 0 Å². The molecule has 1 aromatic rings. The number of hydrogen-bond donors (Lipinski definition) is 1. The van der Waals surface area contributed by atoms with Gasteiger partial charge >= 0.3 is 0 Å². The van der Waals surface area contributed by atoms with Crippen molar-refractivity contribution in [2.45, 2.75) is 52.6 Å². The molecule has 0 aliphatic carbocycles. The van der Waals surface area contributed by atoms with E-state index in [1.54, 1.807) is 6.07 Å².